The summed E-state index contributed by atoms with van der Waals surface area (Å²) in [6.45, 7) is 2.12. The van der Waals surface area contributed by atoms with Crippen LogP contribution >= 0.6 is 11.3 Å². The molecule has 1 atom stereocenters. The smallest absolute Gasteiger partial charge is 0.165 e. The molecule has 0 amide bonds. The molecule has 0 aliphatic heterocycles. The molecule has 0 radical (unpaired) electrons. The molecule has 0 aliphatic carbocycles. The van der Waals surface area contributed by atoms with Crippen LogP contribution < -0.4 is 16.0 Å². The van der Waals surface area contributed by atoms with Crippen LogP contribution in [0.15, 0.2) is 30.3 Å². The van der Waals surface area contributed by atoms with Crippen molar-refractivity contribution in [2.45, 2.75) is 25.8 Å². The van der Waals surface area contributed by atoms with Crippen LogP contribution in [0, 0.1) is 5.82 Å². The number of hydrazine groups is 1. The van der Waals surface area contributed by atoms with Crippen LogP contribution in [0.5, 0.6) is 5.75 Å². The fourth-order valence-corrected chi connectivity index (χ4v) is 3.10. The highest BCUT2D eigenvalue weighted by Gasteiger charge is 2.14. The van der Waals surface area contributed by atoms with E-state index in [1.165, 1.54) is 22.9 Å². The monoisotopic (exact) mass is 294 g/mol. The molecule has 0 saturated carbocycles. The van der Waals surface area contributed by atoms with Gasteiger partial charge in [0.25, 0.3) is 0 Å². The van der Waals surface area contributed by atoms with Crippen molar-refractivity contribution in [1.82, 2.24) is 5.43 Å². The van der Waals surface area contributed by atoms with E-state index < -0.39 is 0 Å². The van der Waals surface area contributed by atoms with E-state index in [4.69, 9.17) is 10.6 Å². The van der Waals surface area contributed by atoms with E-state index in [0.717, 1.165) is 12.0 Å². The molecule has 20 heavy (non-hydrogen) atoms. The third-order valence-corrected chi connectivity index (χ3v) is 4.57. The van der Waals surface area contributed by atoms with Crippen molar-refractivity contribution in [2.24, 2.45) is 5.84 Å². The Balaban J connectivity index is 2.15. The number of benzene rings is 1. The predicted octanol–water partition coefficient (Wildman–Crippen LogP) is 3.21. The average molecular weight is 294 g/mol. The minimum absolute atomic E-state index is 0.00639. The number of methoxy groups -OCH3 is 1. The van der Waals surface area contributed by atoms with E-state index >= 15 is 0 Å². The first kappa shape index (κ1) is 15.0. The molecule has 3 nitrogen and oxygen atoms in total. The van der Waals surface area contributed by atoms with Gasteiger partial charge in [-0.1, -0.05) is 13.0 Å². The van der Waals surface area contributed by atoms with Crippen molar-refractivity contribution in [2.75, 3.05) is 7.11 Å². The second kappa shape index (κ2) is 6.83. The van der Waals surface area contributed by atoms with Crippen LogP contribution in [-0.4, -0.2) is 7.11 Å². The summed E-state index contributed by atoms with van der Waals surface area (Å²) in [6.07, 6.45) is 1.65. The van der Waals surface area contributed by atoms with E-state index in [9.17, 15) is 4.39 Å². The zero-order chi connectivity index (χ0) is 14.5. The standard InChI is InChI=1S/C15H19FN2OS/c1-3-11-5-7-15(20-11)13(18-17)9-10-4-6-14(19-2)12(16)8-10/h4-8,13,18H,3,9,17H2,1-2H3. The number of hydrogen-bond acceptors (Lipinski definition) is 4. The average Bonchev–Trinajstić information content (AvgIpc) is 2.93. The van der Waals surface area contributed by atoms with E-state index in [1.54, 1.807) is 17.4 Å². The largest absolute Gasteiger partial charge is 0.494 e. The van der Waals surface area contributed by atoms with Crippen LogP contribution in [0.2, 0.25) is 0 Å². The Morgan fingerprint density at radius 3 is 2.70 bits per heavy atom. The van der Waals surface area contributed by atoms with Gasteiger partial charge < -0.3 is 4.74 Å². The van der Waals surface area contributed by atoms with Gasteiger partial charge in [0.05, 0.1) is 13.2 Å². The molecule has 0 saturated heterocycles. The summed E-state index contributed by atoms with van der Waals surface area (Å²) >= 11 is 1.74. The number of nitrogens with two attached hydrogens (primary N) is 1. The molecular formula is C15H19FN2OS. The zero-order valence-electron chi connectivity index (χ0n) is 11.7. The lowest BCUT2D eigenvalue weighted by molar-refractivity contribution is 0.386. The highest BCUT2D eigenvalue weighted by molar-refractivity contribution is 7.12. The summed E-state index contributed by atoms with van der Waals surface area (Å²) in [5.41, 5.74) is 3.70. The van der Waals surface area contributed by atoms with Gasteiger partial charge >= 0.3 is 0 Å². The molecule has 1 aromatic carbocycles. The first-order chi connectivity index (χ1) is 9.67. The van der Waals surface area contributed by atoms with Crippen molar-refractivity contribution in [3.63, 3.8) is 0 Å². The van der Waals surface area contributed by atoms with E-state index in [-0.39, 0.29) is 17.6 Å². The van der Waals surface area contributed by atoms with E-state index in [0.29, 0.717) is 6.42 Å². The highest BCUT2D eigenvalue weighted by Crippen LogP contribution is 2.27. The third kappa shape index (κ3) is 3.36. The second-order valence-electron chi connectivity index (χ2n) is 4.55. The number of aryl methyl sites for hydroxylation is 1. The maximum absolute atomic E-state index is 13.7. The van der Waals surface area contributed by atoms with Crippen LogP contribution in [0.1, 0.15) is 28.3 Å². The summed E-state index contributed by atoms with van der Waals surface area (Å²) in [7, 11) is 1.46. The Morgan fingerprint density at radius 1 is 1.35 bits per heavy atom. The van der Waals surface area contributed by atoms with Crippen LogP contribution in [0.25, 0.3) is 0 Å². The fraction of sp³-hybridized carbons (Fsp3) is 0.333. The van der Waals surface area contributed by atoms with Crippen LogP contribution in [-0.2, 0) is 12.8 Å². The maximum atomic E-state index is 13.7. The minimum atomic E-state index is -0.346. The predicted molar refractivity (Wildman–Crippen MR) is 80.4 cm³/mol. The number of rotatable bonds is 6. The van der Waals surface area contributed by atoms with E-state index in [2.05, 4.69) is 24.5 Å². The number of ether oxygens (including phenoxy) is 1. The summed E-state index contributed by atoms with van der Waals surface area (Å²) in [5.74, 6) is 5.55. The van der Waals surface area contributed by atoms with Crippen molar-refractivity contribution in [3.05, 3.63) is 51.5 Å². The second-order valence-corrected chi connectivity index (χ2v) is 5.75. The Hall–Kier alpha value is -1.43. The van der Waals surface area contributed by atoms with Crippen molar-refractivity contribution >= 4 is 11.3 Å². The van der Waals surface area contributed by atoms with Gasteiger partial charge in [-0.05, 0) is 42.7 Å². The number of halogens is 1. The Morgan fingerprint density at radius 2 is 2.15 bits per heavy atom. The third-order valence-electron chi connectivity index (χ3n) is 3.23. The van der Waals surface area contributed by atoms with Gasteiger partial charge in [-0.3, -0.25) is 11.3 Å². The van der Waals surface area contributed by atoms with Crippen molar-refractivity contribution in [3.8, 4) is 5.75 Å². The molecule has 1 heterocycles. The zero-order valence-corrected chi connectivity index (χ0v) is 12.5. The molecule has 3 N–H and O–H groups in total. The molecule has 5 heteroatoms. The van der Waals surface area contributed by atoms with Gasteiger partial charge in [-0.15, -0.1) is 11.3 Å². The van der Waals surface area contributed by atoms with Crippen LogP contribution in [0.4, 0.5) is 4.39 Å². The van der Waals surface area contributed by atoms with Gasteiger partial charge in [0.2, 0.25) is 0 Å². The summed E-state index contributed by atoms with van der Waals surface area (Å²) in [4.78, 5) is 2.49. The first-order valence-electron chi connectivity index (χ1n) is 6.55. The Bertz CT molecular complexity index is 571. The van der Waals surface area contributed by atoms with E-state index in [1.807, 2.05) is 6.07 Å². The topological polar surface area (TPSA) is 47.3 Å². The summed E-state index contributed by atoms with van der Waals surface area (Å²) in [6, 6.07) is 9.18. The molecule has 1 aromatic heterocycles. The normalized spacial score (nSPS) is 12.4. The highest BCUT2D eigenvalue weighted by atomic mass is 32.1. The quantitative estimate of drug-likeness (QED) is 0.635. The molecule has 1 unspecified atom stereocenters. The van der Waals surface area contributed by atoms with Gasteiger partial charge in [-0.2, -0.15) is 0 Å². The Kier molecular flexibility index (Phi) is 5.11. The first-order valence-corrected chi connectivity index (χ1v) is 7.36. The maximum Gasteiger partial charge on any atom is 0.165 e. The molecule has 0 fully saturated rings. The van der Waals surface area contributed by atoms with Crippen molar-refractivity contribution < 1.29 is 9.13 Å². The Labute approximate surface area is 122 Å². The van der Waals surface area contributed by atoms with Crippen LogP contribution in [0.3, 0.4) is 0 Å². The molecule has 2 aromatic rings. The molecule has 0 bridgehead atoms. The lowest BCUT2D eigenvalue weighted by atomic mass is 10.0. The summed E-state index contributed by atoms with van der Waals surface area (Å²) < 4.78 is 18.6. The van der Waals surface area contributed by atoms with Gasteiger partial charge in [0, 0.05) is 9.75 Å². The molecule has 0 aliphatic rings. The fourth-order valence-electron chi connectivity index (χ4n) is 2.09. The molecule has 108 valence electrons. The number of thiophene rings is 1. The number of hydrogen-bond donors (Lipinski definition) is 2. The molecule has 2 rings (SSSR count). The lowest BCUT2D eigenvalue weighted by Gasteiger charge is -2.15. The summed E-state index contributed by atoms with van der Waals surface area (Å²) in [5, 5.41) is 0. The SMILES string of the molecule is CCc1ccc(C(Cc2ccc(OC)c(F)c2)NN)s1. The van der Waals surface area contributed by atoms with Crippen molar-refractivity contribution in [1.29, 1.82) is 0 Å². The lowest BCUT2D eigenvalue weighted by Crippen LogP contribution is -2.28. The van der Waals surface area contributed by atoms with Gasteiger partial charge in [0.15, 0.2) is 11.6 Å². The minimum Gasteiger partial charge on any atom is -0.494 e. The molecule has 0 spiro atoms. The number of nitrogens with one attached hydrogen (secondary N) is 1. The van der Waals surface area contributed by atoms with Gasteiger partial charge in [-0.25, -0.2) is 4.39 Å². The van der Waals surface area contributed by atoms with Gasteiger partial charge in [0.1, 0.15) is 0 Å². The molecular weight excluding hydrogens is 275 g/mol.